The second-order valence-electron chi connectivity index (χ2n) is 1.80. The van der Waals surface area contributed by atoms with Crippen molar-refractivity contribution in [2.75, 3.05) is 0 Å². The Bertz CT molecular complexity index is 186. The molecular formula is C7H15N3O4. The van der Waals surface area contributed by atoms with Crippen LogP contribution in [0.25, 0.3) is 0 Å². The minimum Gasteiger partial charge on any atom is -0.481 e. The third-order valence-corrected chi connectivity index (χ3v) is 0.406. The Kier molecular flexibility index (Phi) is 17.6. The quantitative estimate of drug-likeness (QED) is 0.493. The minimum absolute atomic E-state index is 0. The molecule has 1 rings (SSSR count). The van der Waals surface area contributed by atoms with Gasteiger partial charge in [-0.25, -0.2) is 4.98 Å². The number of rotatable bonds is 0. The molecule has 6 N–H and O–H groups in total. The average molecular weight is 205 g/mol. The molecule has 0 bridgehead atoms. The van der Waals surface area contributed by atoms with Gasteiger partial charge in [0.05, 0.1) is 6.33 Å². The Morgan fingerprint density at radius 2 is 1.57 bits per heavy atom. The normalized spacial score (nSPS) is 6.43. The molecule has 1 aromatic heterocycles. The molecule has 0 unspecified atom stereocenters. The van der Waals surface area contributed by atoms with Gasteiger partial charge in [-0.2, -0.15) is 0 Å². The van der Waals surface area contributed by atoms with E-state index in [4.69, 9.17) is 19.8 Å². The highest BCUT2D eigenvalue weighted by atomic mass is 16.4. The lowest BCUT2D eigenvalue weighted by Crippen LogP contribution is -1.78. The first-order valence-electron chi connectivity index (χ1n) is 3.28. The van der Waals surface area contributed by atoms with Crippen molar-refractivity contribution in [1.82, 2.24) is 16.1 Å². The van der Waals surface area contributed by atoms with Gasteiger partial charge in [0.1, 0.15) is 0 Å². The van der Waals surface area contributed by atoms with Crippen LogP contribution < -0.4 is 6.15 Å². The van der Waals surface area contributed by atoms with Gasteiger partial charge < -0.3 is 21.3 Å². The predicted octanol–water partition coefficient (Wildman–Crippen LogP) is 0.753. The number of hydrogen-bond donors (Lipinski definition) is 4. The van der Waals surface area contributed by atoms with Gasteiger partial charge in [-0.15, -0.1) is 0 Å². The fourth-order valence-electron chi connectivity index (χ4n) is 0.215. The van der Waals surface area contributed by atoms with Crippen molar-refractivity contribution in [2.24, 2.45) is 0 Å². The number of aromatic nitrogens is 2. The molecule has 7 heteroatoms. The van der Waals surface area contributed by atoms with E-state index in [2.05, 4.69) is 9.97 Å². The van der Waals surface area contributed by atoms with Crippen LogP contribution in [0, 0.1) is 0 Å². The van der Waals surface area contributed by atoms with Crippen molar-refractivity contribution in [2.45, 2.75) is 13.8 Å². The van der Waals surface area contributed by atoms with E-state index in [9.17, 15) is 0 Å². The molecule has 0 aliphatic heterocycles. The van der Waals surface area contributed by atoms with Gasteiger partial charge >= 0.3 is 0 Å². The van der Waals surface area contributed by atoms with E-state index in [1.807, 2.05) is 0 Å². The first-order valence-corrected chi connectivity index (χ1v) is 3.28. The van der Waals surface area contributed by atoms with Gasteiger partial charge in [-0.05, 0) is 0 Å². The first kappa shape index (κ1) is 18.0. The number of imidazole rings is 1. The zero-order valence-corrected chi connectivity index (χ0v) is 8.10. The molecule has 1 heterocycles. The molecule has 0 aliphatic rings. The Morgan fingerprint density at radius 3 is 1.64 bits per heavy atom. The number of nitrogens with zero attached hydrogens (tertiary/aromatic N) is 1. The van der Waals surface area contributed by atoms with E-state index >= 15 is 0 Å². The minimum atomic E-state index is -0.833. The Morgan fingerprint density at radius 1 is 1.21 bits per heavy atom. The summed E-state index contributed by atoms with van der Waals surface area (Å²) in [4.78, 5) is 24.4. The van der Waals surface area contributed by atoms with Crippen LogP contribution in [-0.2, 0) is 9.59 Å². The standard InChI is InChI=1S/C3H4N2.2C2H4O2.H3N/c1-2-5-3-4-1;2*1-2(3)4;/h1-3H,(H,4,5);2*1H3,(H,3,4);1H3. The highest BCUT2D eigenvalue weighted by Crippen LogP contribution is 1.62. The molecule has 0 aromatic carbocycles. The third-order valence-electron chi connectivity index (χ3n) is 0.406. The third kappa shape index (κ3) is 86.7. The topological polar surface area (TPSA) is 138 Å². The predicted molar refractivity (Wildman–Crippen MR) is 50.2 cm³/mol. The molecule has 0 saturated heterocycles. The van der Waals surface area contributed by atoms with E-state index in [1.165, 1.54) is 0 Å². The second kappa shape index (κ2) is 13.7. The molecule has 0 aliphatic carbocycles. The summed E-state index contributed by atoms with van der Waals surface area (Å²) < 4.78 is 0. The van der Waals surface area contributed by atoms with Crippen LogP contribution in [0.15, 0.2) is 18.7 Å². The maximum absolute atomic E-state index is 9.00. The fourth-order valence-corrected chi connectivity index (χ4v) is 0.215. The van der Waals surface area contributed by atoms with Crippen LogP contribution in [0.5, 0.6) is 0 Å². The molecule has 0 spiro atoms. The lowest BCUT2D eigenvalue weighted by Gasteiger charge is -1.59. The van der Waals surface area contributed by atoms with Gasteiger partial charge in [-0.3, -0.25) is 9.59 Å². The van der Waals surface area contributed by atoms with Crippen molar-refractivity contribution in [3.63, 3.8) is 0 Å². The molecule has 0 atom stereocenters. The van der Waals surface area contributed by atoms with Crippen molar-refractivity contribution >= 4 is 11.9 Å². The smallest absolute Gasteiger partial charge is 0.300 e. The van der Waals surface area contributed by atoms with Gasteiger partial charge in [0, 0.05) is 26.2 Å². The van der Waals surface area contributed by atoms with E-state index in [0.717, 1.165) is 13.8 Å². The van der Waals surface area contributed by atoms with Crippen molar-refractivity contribution in [1.29, 1.82) is 0 Å². The van der Waals surface area contributed by atoms with Crippen LogP contribution in [0.4, 0.5) is 0 Å². The summed E-state index contributed by atoms with van der Waals surface area (Å²) in [6, 6.07) is 0. The maximum atomic E-state index is 9.00. The van der Waals surface area contributed by atoms with Crippen LogP contribution >= 0.6 is 0 Å². The molecule has 0 amide bonds. The number of H-pyrrole nitrogens is 1. The summed E-state index contributed by atoms with van der Waals surface area (Å²) in [5, 5.41) is 14.8. The van der Waals surface area contributed by atoms with E-state index in [1.54, 1.807) is 18.7 Å². The Balaban J connectivity index is -0.000000127. The number of hydrogen-bond acceptors (Lipinski definition) is 4. The average Bonchev–Trinajstić information content (AvgIpc) is 2.35. The summed E-state index contributed by atoms with van der Waals surface area (Å²) in [6.45, 7) is 2.17. The Labute approximate surface area is 81.4 Å². The molecule has 82 valence electrons. The highest BCUT2D eigenvalue weighted by Gasteiger charge is 1.65. The summed E-state index contributed by atoms with van der Waals surface area (Å²) >= 11 is 0. The van der Waals surface area contributed by atoms with Gasteiger partial charge in [0.15, 0.2) is 0 Å². The zero-order chi connectivity index (χ0) is 10.7. The largest absolute Gasteiger partial charge is 0.481 e. The van der Waals surface area contributed by atoms with E-state index in [0.29, 0.717) is 0 Å². The highest BCUT2D eigenvalue weighted by molar-refractivity contribution is 5.63. The number of carboxylic acid groups (broad SMARTS) is 2. The summed E-state index contributed by atoms with van der Waals surface area (Å²) in [5.74, 6) is -1.67. The number of aliphatic carboxylic acids is 2. The van der Waals surface area contributed by atoms with Gasteiger partial charge in [0.25, 0.3) is 11.9 Å². The maximum Gasteiger partial charge on any atom is 0.300 e. The molecular weight excluding hydrogens is 190 g/mol. The first-order chi connectivity index (χ1) is 5.96. The molecule has 0 saturated carbocycles. The summed E-state index contributed by atoms with van der Waals surface area (Å²) in [6.07, 6.45) is 5.08. The monoisotopic (exact) mass is 205 g/mol. The molecule has 1 aromatic rings. The number of carbonyl (C=O) groups is 2. The van der Waals surface area contributed by atoms with Crippen molar-refractivity contribution < 1.29 is 19.8 Å². The summed E-state index contributed by atoms with van der Waals surface area (Å²) in [7, 11) is 0. The van der Waals surface area contributed by atoms with Gasteiger partial charge in [0.2, 0.25) is 0 Å². The number of aromatic amines is 1. The SMILES string of the molecule is CC(=O)O.CC(=O)O.N.c1c[nH]cn1. The van der Waals surface area contributed by atoms with Gasteiger partial charge in [-0.1, -0.05) is 0 Å². The second-order valence-corrected chi connectivity index (χ2v) is 1.80. The van der Waals surface area contributed by atoms with Crippen LogP contribution in [0.2, 0.25) is 0 Å². The van der Waals surface area contributed by atoms with Crippen LogP contribution in [0.1, 0.15) is 13.8 Å². The van der Waals surface area contributed by atoms with E-state index in [-0.39, 0.29) is 6.15 Å². The Hall–Kier alpha value is -1.89. The molecule has 7 nitrogen and oxygen atoms in total. The van der Waals surface area contributed by atoms with Crippen molar-refractivity contribution in [3.05, 3.63) is 18.7 Å². The van der Waals surface area contributed by atoms with E-state index < -0.39 is 11.9 Å². The lowest BCUT2D eigenvalue weighted by molar-refractivity contribution is -0.135. The van der Waals surface area contributed by atoms with Crippen molar-refractivity contribution in [3.8, 4) is 0 Å². The zero-order valence-electron chi connectivity index (χ0n) is 8.10. The fraction of sp³-hybridized carbons (Fsp3) is 0.286. The number of carboxylic acids is 2. The van der Waals surface area contributed by atoms with Crippen LogP contribution in [0.3, 0.4) is 0 Å². The molecule has 0 radical (unpaired) electrons. The van der Waals surface area contributed by atoms with Crippen LogP contribution in [-0.4, -0.2) is 32.1 Å². The summed E-state index contributed by atoms with van der Waals surface area (Å²) in [5.41, 5.74) is 0. The molecule has 0 fully saturated rings. The number of nitrogens with one attached hydrogen (secondary N) is 1. The lowest BCUT2D eigenvalue weighted by atomic mass is 10.9. The molecule has 14 heavy (non-hydrogen) atoms.